The molecule has 3 rings (SSSR count). The Bertz CT molecular complexity index is 817. The summed E-state index contributed by atoms with van der Waals surface area (Å²) in [4.78, 5) is 24.9. The number of rotatable bonds is 7. The fraction of sp³-hybridized carbons (Fsp3) is 0.333. The summed E-state index contributed by atoms with van der Waals surface area (Å²) in [6.45, 7) is -1.11. The van der Waals surface area contributed by atoms with Crippen molar-refractivity contribution in [2.45, 2.75) is 32.3 Å². The number of nitrogens with one attached hydrogen (secondary N) is 1. The molecule has 26 heavy (non-hydrogen) atoms. The molecule has 0 radical (unpaired) electrons. The van der Waals surface area contributed by atoms with Gasteiger partial charge in [0.25, 0.3) is 5.91 Å². The fourth-order valence-corrected chi connectivity index (χ4v) is 3.62. The first-order chi connectivity index (χ1) is 12.5. The van der Waals surface area contributed by atoms with E-state index in [1.165, 1.54) is 29.5 Å². The minimum absolute atomic E-state index is 0.0380. The number of para-hydroxylation sites is 1. The molecule has 0 saturated heterocycles. The molecule has 1 saturated carbocycles. The van der Waals surface area contributed by atoms with Gasteiger partial charge in [0.2, 0.25) is 0 Å². The van der Waals surface area contributed by atoms with Crippen LogP contribution in [0.2, 0.25) is 0 Å². The topological polar surface area (TPSA) is 64.6 Å². The van der Waals surface area contributed by atoms with E-state index in [-0.39, 0.29) is 17.9 Å². The van der Waals surface area contributed by atoms with Crippen LogP contribution in [0.1, 0.15) is 52.0 Å². The average Bonchev–Trinajstić information content (AvgIpc) is 3.36. The normalized spacial score (nSPS) is 13.5. The van der Waals surface area contributed by atoms with Gasteiger partial charge in [0.1, 0.15) is 10.8 Å². The van der Waals surface area contributed by atoms with E-state index in [0.717, 1.165) is 18.4 Å². The highest BCUT2D eigenvalue weighted by atomic mass is 32.1. The maximum atomic E-state index is 12.6. The molecule has 0 atom stereocenters. The molecule has 1 aliphatic rings. The number of halogens is 2. The van der Waals surface area contributed by atoms with Crippen LogP contribution in [-0.2, 0) is 4.74 Å². The van der Waals surface area contributed by atoms with Crippen molar-refractivity contribution in [1.29, 1.82) is 0 Å². The predicted molar refractivity (Wildman–Crippen MR) is 93.3 cm³/mol. The third kappa shape index (κ3) is 4.01. The molecule has 1 aromatic heterocycles. The molecule has 1 amide bonds. The fourth-order valence-electron chi connectivity index (χ4n) is 2.60. The average molecular weight is 381 g/mol. The van der Waals surface area contributed by atoms with Crippen LogP contribution in [0.3, 0.4) is 0 Å². The molecule has 1 N–H and O–H groups in total. The van der Waals surface area contributed by atoms with Crippen molar-refractivity contribution in [2.24, 2.45) is 0 Å². The van der Waals surface area contributed by atoms with Gasteiger partial charge < -0.3 is 14.8 Å². The lowest BCUT2D eigenvalue weighted by molar-refractivity contribution is -0.0501. The predicted octanol–water partition coefficient (Wildman–Crippen LogP) is 4.66. The summed E-state index contributed by atoms with van der Waals surface area (Å²) in [5, 5.41) is 4.82. The van der Waals surface area contributed by atoms with Crippen molar-refractivity contribution in [3.8, 4) is 5.75 Å². The van der Waals surface area contributed by atoms with E-state index < -0.39 is 18.5 Å². The molecular formula is C18H17F2NO4S. The van der Waals surface area contributed by atoms with Crippen LogP contribution in [-0.4, -0.2) is 25.1 Å². The van der Waals surface area contributed by atoms with E-state index in [2.05, 4.69) is 10.1 Å². The zero-order valence-electron chi connectivity index (χ0n) is 14.0. The summed E-state index contributed by atoms with van der Waals surface area (Å²) in [5.41, 5.74) is 1.17. The molecule has 8 heteroatoms. The highest BCUT2D eigenvalue weighted by molar-refractivity contribution is 7.15. The monoisotopic (exact) mass is 381 g/mol. The van der Waals surface area contributed by atoms with E-state index in [0.29, 0.717) is 16.5 Å². The van der Waals surface area contributed by atoms with Crippen LogP contribution in [0.4, 0.5) is 13.8 Å². The Morgan fingerprint density at radius 3 is 2.69 bits per heavy atom. The number of carbonyl (C=O) groups excluding carboxylic acids is 2. The molecule has 1 aliphatic carbocycles. The molecule has 1 aromatic carbocycles. The summed E-state index contributed by atoms with van der Waals surface area (Å²) >= 11 is 1.22. The largest absolute Gasteiger partial charge is 0.462 e. The number of amides is 1. The second kappa shape index (κ2) is 7.82. The van der Waals surface area contributed by atoms with Gasteiger partial charge in [-0.25, -0.2) is 4.79 Å². The van der Waals surface area contributed by atoms with Crippen molar-refractivity contribution < 1.29 is 27.8 Å². The van der Waals surface area contributed by atoms with Gasteiger partial charge in [-0.15, -0.1) is 11.3 Å². The maximum Gasteiger partial charge on any atom is 0.387 e. The first-order valence-electron chi connectivity index (χ1n) is 8.15. The number of esters is 1. The summed E-state index contributed by atoms with van der Waals surface area (Å²) in [5.74, 6) is -1.05. The number of hydrogen-bond donors (Lipinski definition) is 1. The van der Waals surface area contributed by atoms with Crippen LogP contribution >= 0.6 is 11.3 Å². The number of benzene rings is 1. The first-order valence-corrected chi connectivity index (χ1v) is 9.03. The lowest BCUT2D eigenvalue weighted by Gasteiger charge is -2.11. The standard InChI is InChI=1S/C18H17F2NO4S/c1-2-24-17(23)14-12(10-7-8-10)9-26-16(14)21-15(22)11-5-3-4-6-13(11)25-18(19)20/h3-6,9-10,18H,2,7-8H2,1H3,(H,21,22). The molecule has 5 nitrogen and oxygen atoms in total. The molecule has 0 spiro atoms. The summed E-state index contributed by atoms with van der Waals surface area (Å²) in [6.07, 6.45) is 1.98. The second-order valence-corrected chi connectivity index (χ2v) is 6.60. The Kier molecular flexibility index (Phi) is 5.51. The molecule has 138 valence electrons. The van der Waals surface area contributed by atoms with E-state index in [9.17, 15) is 18.4 Å². The Morgan fingerprint density at radius 1 is 1.31 bits per heavy atom. The number of alkyl halides is 2. The number of anilines is 1. The smallest absolute Gasteiger partial charge is 0.387 e. The lowest BCUT2D eigenvalue weighted by Crippen LogP contribution is -2.17. The highest BCUT2D eigenvalue weighted by Gasteiger charge is 2.32. The van der Waals surface area contributed by atoms with Crippen molar-refractivity contribution in [3.05, 3.63) is 46.3 Å². The van der Waals surface area contributed by atoms with Gasteiger partial charge in [0.05, 0.1) is 17.7 Å². The zero-order valence-corrected chi connectivity index (χ0v) is 14.8. The van der Waals surface area contributed by atoms with Crippen LogP contribution in [0.5, 0.6) is 5.75 Å². The van der Waals surface area contributed by atoms with Crippen LogP contribution < -0.4 is 10.1 Å². The Balaban J connectivity index is 1.87. The minimum Gasteiger partial charge on any atom is -0.462 e. The molecule has 0 aliphatic heterocycles. The molecule has 1 heterocycles. The van der Waals surface area contributed by atoms with E-state index in [1.54, 1.807) is 13.0 Å². The maximum absolute atomic E-state index is 12.6. The van der Waals surface area contributed by atoms with E-state index in [1.807, 2.05) is 5.38 Å². The summed E-state index contributed by atoms with van der Waals surface area (Å²) in [7, 11) is 0. The lowest BCUT2D eigenvalue weighted by atomic mass is 10.1. The zero-order chi connectivity index (χ0) is 18.7. The summed E-state index contributed by atoms with van der Waals surface area (Å²) in [6, 6.07) is 5.71. The van der Waals surface area contributed by atoms with E-state index >= 15 is 0 Å². The molecule has 0 unspecified atom stereocenters. The van der Waals surface area contributed by atoms with Gasteiger partial charge in [-0.05, 0) is 48.8 Å². The van der Waals surface area contributed by atoms with Crippen molar-refractivity contribution in [2.75, 3.05) is 11.9 Å². The Labute approximate surface area is 152 Å². The van der Waals surface area contributed by atoms with Crippen LogP contribution in [0.25, 0.3) is 0 Å². The molecular weight excluding hydrogens is 364 g/mol. The van der Waals surface area contributed by atoms with Crippen molar-refractivity contribution in [3.63, 3.8) is 0 Å². The second-order valence-electron chi connectivity index (χ2n) is 5.72. The van der Waals surface area contributed by atoms with Gasteiger partial charge in [-0.3, -0.25) is 4.79 Å². The third-order valence-electron chi connectivity index (χ3n) is 3.89. The third-order valence-corrected chi connectivity index (χ3v) is 4.80. The van der Waals surface area contributed by atoms with Gasteiger partial charge in [-0.2, -0.15) is 8.78 Å². The highest BCUT2D eigenvalue weighted by Crippen LogP contribution is 2.46. The Morgan fingerprint density at radius 2 is 2.04 bits per heavy atom. The van der Waals surface area contributed by atoms with Gasteiger partial charge in [0.15, 0.2) is 0 Å². The number of ether oxygens (including phenoxy) is 2. The van der Waals surface area contributed by atoms with Gasteiger partial charge >= 0.3 is 12.6 Å². The molecule has 2 aromatic rings. The number of hydrogen-bond acceptors (Lipinski definition) is 5. The molecule has 1 fully saturated rings. The quantitative estimate of drug-likeness (QED) is 0.709. The Hall–Kier alpha value is -2.48. The van der Waals surface area contributed by atoms with Gasteiger partial charge in [0, 0.05) is 0 Å². The number of carbonyl (C=O) groups is 2. The summed E-state index contributed by atoms with van der Waals surface area (Å²) < 4.78 is 34.6. The molecule has 0 bridgehead atoms. The van der Waals surface area contributed by atoms with E-state index in [4.69, 9.17) is 4.74 Å². The number of thiophene rings is 1. The SMILES string of the molecule is CCOC(=O)c1c(C2CC2)csc1NC(=O)c1ccccc1OC(F)F. The van der Waals surface area contributed by atoms with Crippen molar-refractivity contribution >= 4 is 28.2 Å². The first kappa shape index (κ1) is 18.3. The van der Waals surface area contributed by atoms with Crippen LogP contribution in [0.15, 0.2) is 29.6 Å². The minimum atomic E-state index is -3.04. The van der Waals surface area contributed by atoms with Crippen LogP contribution in [0, 0.1) is 0 Å². The van der Waals surface area contributed by atoms with Gasteiger partial charge in [-0.1, -0.05) is 12.1 Å². The van der Waals surface area contributed by atoms with Crippen molar-refractivity contribution in [1.82, 2.24) is 0 Å².